The number of halogens is 1. The van der Waals surface area contributed by atoms with Gasteiger partial charge in [-0.25, -0.2) is 0 Å². The molecule has 2 aliphatic heterocycles. The molecular formula is C25H27ClN4O4. The molecule has 8 nitrogen and oxygen atoms in total. The first-order chi connectivity index (χ1) is 16.4. The molecule has 9 heteroatoms. The van der Waals surface area contributed by atoms with Crippen molar-refractivity contribution in [2.75, 3.05) is 32.2 Å². The number of aromatic amines is 1. The Morgan fingerprint density at radius 1 is 1.32 bits per heavy atom. The molecule has 0 radical (unpaired) electrons. The fourth-order valence-electron chi connectivity index (χ4n) is 4.33. The van der Waals surface area contributed by atoms with Crippen LogP contribution in [0.3, 0.4) is 0 Å². The largest absolute Gasteiger partial charge is 0.493 e. The number of benzene rings is 1. The number of aromatic nitrogens is 2. The van der Waals surface area contributed by atoms with E-state index in [1.165, 1.54) is 0 Å². The summed E-state index contributed by atoms with van der Waals surface area (Å²) in [6.45, 7) is 6.02. The predicted molar refractivity (Wildman–Crippen MR) is 130 cm³/mol. The fraction of sp³-hybridized carbons (Fsp3) is 0.360. The first-order valence-electron chi connectivity index (χ1n) is 11.2. The van der Waals surface area contributed by atoms with Crippen LogP contribution in [0.2, 0.25) is 5.02 Å². The third kappa shape index (κ3) is 3.97. The minimum absolute atomic E-state index is 0.0106. The number of ether oxygens (including phenoxy) is 3. The molecule has 0 aliphatic carbocycles. The SMILES string of the molecule is COc1c(Cl)cccc1Nc1c(-c2ccncc2OC[C@H]2OCC2(C)C)[nH]c2c1C(=O)NCC2. The molecule has 178 valence electrons. The lowest BCUT2D eigenvalue weighted by atomic mass is 9.83. The summed E-state index contributed by atoms with van der Waals surface area (Å²) in [6.07, 6.45) is 4.09. The highest BCUT2D eigenvalue weighted by Crippen LogP contribution is 2.43. The molecule has 1 saturated heterocycles. The van der Waals surface area contributed by atoms with E-state index in [4.69, 9.17) is 25.8 Å². The smallest absolute Gasteiger partial charge is 0.255 e. The van der Waals surface area contributed by atoms with Crippen LogP contribution in [-0.2, 0) is 11.2 Å². The third-order valence-electron chi connectivity index (χ3n) is 6.37. The van der Waals surface area contributed by atoms with Gasteiger partial charge in [-0.1, -0.05) is 31.5 Å². The molecule has 1 aromatic carbocycles. The number of pyridine rings is 1. The summed E-state index contributed by atoms with van der Waals surface area (Å²) in [4.78, 5) is 20.6. The molecule has 1 atom stereocenters. The Morgan fingerprint density at radius 3 is 2.91 bits per heavy atom. The average molecular weight is 483 g/mol. The van der Waals surface area contributed by atoms with E-state index in [-0.39, 0.29) is 17.4 Å². The van der Waals surface area contributed by atoms with Crippen molar-refractivity contribution in [3.8, 4) is 22.8 Å². The van der Waals surface area contributed by atoms with Gasteiger partial charge in [0.05, 0.1) is 53.7 Å². The number of fused-ring (bicyclic) bond motifs is 1. The van der Waals surface area contributed by atoms with Crippen LogP contribution in [0, 0.1) is 5.41 Å². The summed E-state index contributed by atoms with van der Waals surface area (Å²) in [5, 5.41) is 6.80. The Hall–Kier alpha value is -3.23. The molecule has 1 fully saturated rings. The van der Waals surface area contributed by atoms with Gasteiger partial charge in [-0.3, -0.25) is 9.78 Å². The second kappa shape index (κ2) is 8.85. The standard InChI is InChI=1S/C25H27ClN4O4/c1-25(2)13-34-19(25)12-33-18-11-27-9-7-14(18)21-22(20-16(29-21)8-10-28-24(20)31)30-17-6-4-5-15(26)23(17)32-3/h4-7,9,11,19,29-30H,8,10,12-13H2,1-3H3,(H,28,31)/t19-/m1/s1. The van der Waals surface area contributed by atoms with Crippen LogP contribution in [-0.4, -0.2) is 48.8 Å². The van der Waals surface area contributed by atoms with Crippen LogP contribution in [0.15, 0.2) is 36.7 Å². The minimum Gasteiger partial charge on any atom is -0.493 e. The Bertz CT molecular complexity index is 1240. The summed E-state index contributed by atoms with van der Waals surface area (Å²) in [5.74, 6) is 0.958. The first kappa shape index (κ1) is 22.6. The molecule has 2 aliphatic rings. The first-order valence-corrected chi connectivity index (χ1v) is 11.6. The van der Waals surface area contributed by atoms with Crippen molar-refractivity contribution in [3.05, 3.63) is 52.9 Å². The molecule has 3 aromatic rings. The number of amides is 1. The third-order valence-corrected chi connectivity index (χ3v) is 6.67. The van der Waals surface area contributed by atoms with Crippen LogP contribution >= 0.6 is 11.6 Å². The Labute approximate surface area is 203 Å². The normalized spacial score (nSPS) is 18.5. The highest BCUT2D eigenvalue weighted by atomic mass is 35.5. The zero-order chi connectivity index (χ0) is 23.9. The van der Waals surface area contributed by atoms with Gasteiger partial charge in [0, 0.05) is 35.8 Å². The van der Waals surface area contributed by atoms with Crippen LogP contribution in [0.25, 0.3) is 11.3 Å². The van der Waals surface area contributed by atoms with Crippen molar-refractivity contribution < 1.29 is 19.0 Å². The van der Waals surface area contributed by atoms with Gasteiger partial charge in [0.2, 0.25) is 0 Å². The van der Waals surface area contributed by atoms with E-state index in [9.17, 15) is 4.79 Å². The number of hydrogen-bond donors (Lipinski definition) is 3. The van der Waals surface area contributed by atoms with Gasteiger partial charge in [0.1, 0.15) is 12.4 Å². The second-order valence-electron chi connectivity index (χ2n) is 9.15. The molecule has 34 heavy (non-hydrogen) atoms. The van der Waals surface area contributed by atoms with E-state index >= 15 is 0 Å². The summed E-state index contributed by atoms with van der Waals surface area (Å²) in [5.41, 5.74) is 4.29. The molecule has 1 amide bonds. The van der Waals surface area contributed by atoms with Crippen molar-refractivity contribution in [3.63, 3.8) is 0 Å². The summed E-state index contributed by atoms with van der Waals surface area (Å²) in [7, 11) is 1.56. The number of carbonyl (C=O) groups excluding carboxylic acids is 1. The molecule has 0 bridgehead atoms. The number of para-hydroxylation sites is 1. The highest BCUT2D eigenvalue weighted by molar-refractivity contribution is 6.32. The van der Waals surface area contributed by atoms with Crippen molar-refractivity contribution in [1.82, 2.24) is 15.3 Å². The second-order valence-corrected chi connectivity index (χ2v) is 9.56. The maximum atomic E-state index is 12.9. The maximum absolute atomic E-state index is 12.9. The van der Waals surface area contributed by atoms with E-state index in [0.717, 1.165) is 23.6 Å². The summed E-state index contributed by atoms with van der Waals surface area (Å²) >= 11 is 6.34. The maximum Gasteiger partial charge on any atom is 0.255 e. The lowest BCUT2D eigenvalue weighted by molar-refractivity contribution is -0.180. The number of nitrogens with zero attached hydrogens (tertiary/aromatic N) is 1. The lowest BCUT2D eigenvalue weighted by Gasteiger charge is -2.43. The average Bonchev–Trinajstić information content (AvgIpc) is 3.18. The Balaban J connectivity index is 1.57. The fourth-order valence-corrected chi connectivity index (χ4v) is 4.58. The molecular weight excluding hydrogens is 456 g/mol. The number of rotatable bonds is 7. The topological polar surface area (TPSA) is 97.5 Å². The van der Waals surface area contributed by atoms with E-state index in [1.54, 1.807) is 25.6 Å². The van der Waals surface area contributed by atoms with Gasteiger partial charge in [0.15, 0.2) is 5.75 Å². The van der Waals surface area contributed by atoms with Gasteiger partial charge in [0.25, 0.3) is 5.91 Å². The molecule has 5 rings (SSSR count). The van der Waals surface area contributed by atoms with Crippen molar-refractivity contribution >= 4 is 28.9 Å². The predicted octanol–water partition coefficient (Wildman–Crippen LogP) is 4.57. The monoisotopic (exact) mass is 482 g/mol. The molecule has 2 aromatic heterocycles. The van der Waals surface area contributed by atoms with Crippen molar-refractivity contribution in [2.24, 2.45) is 5.41 Å². The van der Waals surface area contributed by atoms with Gasteiger partial charge >= 0.3 is 0 Å². The molecule has 0 saturated carbocycles. The van der Waals surface area contributed by atoms with E-state index in [0.29, 0.717) is 53.0 Å². The molecule has 0 unspecified atom stereocenters. The zero-order valence-electron chi connectivity index (χ0n) is 19.3. The van der Waals surface area contributed by atoms with Gasteiger partial charge in [-0.15, -0.1) is 0 Å². The quantitative estimate of drug-likeness (QED) is 0.456. The Morgan fingerprint density at radius 2 is 2.18 bits per heavy atom. The van der Waals surface area contributed by atoms with Crippen molar-refractivity contribution in [1.29, 1.82) is 0 Å². The highest BCUT2D eigenvalue weighted by Gasteiger charge is 2.40. The van der Waals surface area contributed by atoms with Gasteiger partial charge in [-0.2, -0.15) is 0 Å². The van der Waals surface area contributed by atoms with E-state index < -0.39 is 0 Å². The van der Waals surface area contributed by atoms with Crippen LogP contribution < -0.4 is 20.1 Å². The van der Waals surface area contributed by atoms with Crippen LogP contribution in [0.4, 0.5) is 11.4 Å². The molecule has 4 heterocycles. The van der Waals surface area contributed by atoms with Gasteiger partial charge < -0.3 is 29.8 Å². The van der Waals surface area contributed by atoms with E-state index in [2.05, 4.69) is 34.4 Å². The van der Waals surface area contributed by atoms with Gasteiger partial charge in [-0.05, 0) is 18.2 Å². The van der Waals surface area contributed by atoms with Crippen molar-refractivity contribution in [2.45, 2.75) is 26.4 Å². The Kier molecular flexibility index (Phi) is 5.87. The number of anilines is 2. The minimum atomic E-state index is -0.145. The summed E-state index contributed by atoms with van der Waals surface area (Å²) < 4.78 is 17.4. The van der Waals surface area contributed by atoms with Crippen LogP contribution in [0.5, 0.6) is 11.5 Å². The zero-order valence-corrected chi connectivity index (χ0v) is 20.1. The number of H-pyrrole nitrogens is 1. The van der Waals surface area contributed by atoms with Crippen LogP contribution in [0.1, 0.15) is 29.9 Å². The molecule has 0 spiro atoms. The lowest BCUT2D eigenvalue weighted by Crippen LogP contribution is -2.50. The van der Waals surface area contributed by atoms with E-state index in [1.807, 2.05) is 18.2 Å². The number of hydrogen-bond acceptors (Lipinski definition) is 6. The molecule has 3 N–H and O–H groups in total. The number of methoxy groups -OCH3 is 1. The number of nitrogens with one attached hydrogen (secondary N) is 3. The number of carbonyl (C=O) groups is 1. The summed E-state index contributed by atoms with van der Waals surface area (Å²) in [6, 6.07) is 7.31.